The zero-order valence-electron chi connectivity index (χ0n) is 12.7. The first-order valence-electron chi connectivity index (χ1n) is 7.00. The average Bonchev–Trinajstić information content (AvgIpc) is 2.43. The number of hydrogen-bond acceptors (Lipinski definition) is 2. The molecule has 0 saturated heterocycles. The van der Waals surface area contributed by atoms with E-state index in [0.717, 1.165) is 17.5 Å². The fourth-order valence-corrected chi connectivity index (χ4v) is 1.77. The Balaban J connectivity index is 2.61. The zero-order valence-corrected chi connectivity index (χ0v) is 12.7. The highest BCUT2D eigenvalue weighted by molar-refractivity contribution is 6.04. The second kappa shape index (κ2) is 7.08. The monoisotopic (exact) mass is 276 g/mol. The van der Waals surface area contributed by atoms with Crippen molar-refractivity contribution in [1.29, 1.82) is 0 Å². The number of aryl methyl sites for hydroxylation is 1. The molecular weight excluding hydrogens is 252 g/mol. The lowest BCUT2D eigenvalue weighted by Crippen LogP contribution is -2.47. The molecule has 4 nitrogen and oxygen atoms in total. The third-order valence-electron chi connectivity index (χ3n) is 3.37. The molecule has 1 aromatic rings. The van der Waals surface area contributed by atoms with Crippen LogP contribution in [0, 0.1) is 12.3 Å². The first kappa shape index (κ1) is 16.2. The molecule has 0 spiro atoms. The highest BCUT2D eigenvalue weighted by Gasteiger charge is 2.35. The highest BCUT2D eigenvalue weighted by atomic mass is 16.2. The van der Waals surface area contributed by atoms with Crippen molar-refractivity contribution < 1.29 is 9.59 Å². The molecule has 0 aliphatic carbocycles. The summed E-state index contributed by atoms with van der Waals surface area (Å²) in [6.07, 6.45) is 0.854. The zero-order chi connectivity index (χ0) is 15.2. The molecule has 110 valence electrons. The van der Waals surface area contributed by atoms with E-state index in [1.54, 1.807) is 13.8 Å². The molecule has 1 aromatic carbocycles. The van der Waals surface area contributed by atoms with Gasteiger partial charge in [0.25, 0.3) is 0 Å². The van der Waals surface area contributed by atoms with Gasteiger partial charge in [0.2, 0.25) is 11.8 Å². The van der Waals surface area contributed by atoms with Crippen molar-refractivity contribution in [3.63, 3.8) is 0 Å². The molecule has 0 unspecified atom stereocenters. The Bertz CT molecular complexity index is 481. The number of amides is 2. The van der Waals surface area contributed by atoms with Crippen LogP contribution in [0.2, 0.25) is 0 Å². The molecule has 0 saturated carbocycles. The van der Waals surface area contributed by atoms with Gasteiger partial charge in [0.05, 0.1) is 0 Å². The third kappa shape index (κ3) is 4.08. The molecule has 20 heavy (non-hydrogen) atoms. The summed E-state index contributed by atoms with van der Waals surface area (Å²) in [6.45, 7) is 8.30. The van der Waals surface area contributed by atoms with E-state index in [0.29, 0.717) is 13.1 Å². The largest absolute Gasteiger partial charge is 0.355 e. The number of carbonyl (C=O) groups excluding carboxylic acids is 2. The maximum absolute atomic E-state index is 12.2. The molecule has 2 N–H and O–H groups in total. The van der Waals surface area contributed by atoms with Gasteiger partial charge in [-0.1, -0.05) is 31.2 Å². The lowest BCUT2D eigenvalue weighted by molar-refractivity contribution is -0.141. The minimum atomic E-state index is -1.06. The fourth-order valence-electron chi connectivity index (χ4n) is 1.77. The van der Waals surface area contributed by atoms with Crippen LogP contribution in [0.4, 0.5) is 0 Å². The van der Waals surface area contributed by atoms with Crippen LogP contribution in [0.15, 0.2) is 24.3 Å². The Labute approximate surface area is 121 Å². The fraction of sp³-hybridized carbons (Fsp3) is 0.500. The summed E-state index contributed by atoms with van der Waals surface area (Å²) in [5, 5.41) is 5.60. The number of hydrogen-bond donors (Lipinski definition) is 2. The van der Waals surface area contributed by atoms with Gasteiger partial charge in [-0.25, -0.2) is 0 Å². The predicted octanol–water partition coefficient (Wildman–Crippen LogP) is 2.16. The first-order chi connectivity index (χ1) is 9.39. The van der Waals surface area contributed by atoms with Crippen LogP contribution < -0.4 is 10.6 Å². The summed E-state index contributed by atoms with van der Waals surface area (Å²) >= 11 is 0. The summed E-state index contributed by atoms with van der Waals surface area (Å²) in [5.74, 6) is -0.490. The Morgan fingerprint density at radius 1 is 1.10 bits per heavy atom. The van der Waals surface area contributed by atoms with Gasteiger partial charge in [0.15, 0.2) is 0 Å². The van der Waals surface area contributed by atoms with Crippen molar-refractivity contribution in [1.82, 2.24) is 10.6 Å². The Hall–Kier alpha value is -1.84. The predicted molar refractivity (Wildman–Crippen MR) is 80.1 cm³/mol. The van der Waals surface area contributed by atoms with Crippen LogP contribution in [-0.4, -0.2) is 18.4 Å². The second-order valence-corrected chi connectivity index (χ2v) is 5.49. The lowest BCUT2D eigenvalue weighted by atomic mass is 9.91. The molecule has 0 bridgehead atoms. The van der Waals surface area contributed by atoms with Gasteiger partial charge in [-0.2, -0.15) is 0 Å². The van der Waals surface area contributed by atoms with Crippen LogP contribution in [-0.2, 0) is 16.1 Å². The van der Waals surface area contributed by atoms with Crippen LogP contribution in [0.25, 0.3) is 0 Å². The molecule has 0 aliphatic rings. The topological polar surface area (TPSA) is 58.2 Å². The van der Waals surface area contributed by atoms with Crippen LogP contribution in [0.1, 0.15) is 38.3 Å². The van der Waals surface area contributed by atoms with Crippen LogP contribution >= 0.6 is 0 Å². The molecule has 0 fully saturated rings. The smallest absolute Gasteiger partial charge is 0.235 e. The molecule has 0 aliphatic heterocycles. The van der Waals surface area contributed by atoms with Crippen molar-refractivity contribution >= 4 is 11.8 Å². The molecule has 4 heteroatoms. The maximum atomic E-state index is 12.2. The number of carbonyl (C=O) groups is 2. The Morgan fingerprint density at radius 2 is 1.70 bits per heavy atom. The minimum absolute atomic E-state index is 0.235. The minimum Gasteiger partial charge on any atom is -0.355 e. The summed E-state index contributed by atoms with van der Waals surface area (Å²) < 4.78 is 0. The van der Waals surface area contributed by atoms with E-state index in [4.69, 9.17) is 0 Å². The van der Waals surface area contributed by atoms with E-state index in [9.17, 15) is 9.59 Å². The molecule has 2 amide bonds. The summed E-state index contributed by atoms with van der Waals surface area (Å²) in [4.78, 5) is 24.2. The Morgan fingerprint density at radius 3 is 2.30 bits per heavy atom. The van der Waals surface area contributed by atoms with Crippen molar-refractivity contribution in [2.24, 2.45) is 5.41 Å². The van der Waals surface area contributed by atoms with Gasteiger partial charge in [0, 0.05) is 13.1 Å². The molecule has 1 rings (SSSR count). The molecule has 0 radical (unpaired) electrons. The van der Waals surface area contributed by atoms with E-state index in [1.165, 1.54) is 0 Å². The average molecular weight is 276 g/mol. The summed E-state index contributed by atoms with van der Waals surface area (Å²) in [6, 6.07) is 7.87. The highest BCUT2D eigenvalue weighted by Crippen LogP contribution is 2.16. The first-order valence-corrected chi connectivity index (χ1v) is 7.00. The van der Waals surface area contributed by atoms with E-state index in [1.807, 2.05) is 38.1 Å². The SMILES string of the molecule is CCCNC(=O)C(C)(C)C(=O)NCc1ccccc1C. The van der Waals surface area contributed by atoms with Crippen molar-refractivity contribution in [2.45, 2.75) is 40.7 Å². The maximum Gasteiger partial charge on any atom is 0.235 e. The third-order valence-corrected chi connectivity index (χ3v) is 3.37. The van der Waals surface area contributed by atoms with E-state index in [2.05, 4.69) is 10.6 Å². The molecule has 0 aromatic heterocycles. The molecule has 0 atom stereocenters. The van der Waals surface area contributed by atoms with Gasteiger partial charge >= 0.3 is 0 Å². The molecule has 0 heterocycles. The van der Waals surface area contributed by atoms with Gasteiger partial charge in [0.1, 0.15) is 5.41 Å². The quantitative estimate of drug-likeness (QED) is 0.782. The summed E-state index contributed by atoms with van der Waals surface area (Å²) in [5.41, 5.74) is 1.13. The van der Waals surface area contributed by atoms with Gasteiger partial charge in [-0.15, -0.1) is 0 Å². The van der Waals surface area contributed by atoms with Crippen LogP contribution in [0.3, 0.4) is 0 Å². The lowest BCUT2D eigenvalue weighted by Gasteiger charge is -2.22. The summed E-state index contributed by atoms with van der Waals surface area (Å²) in [7, 11) is 0. The number of rotatable bonds is 6. The van der Waals surface area contributed by atoms with Gasteiger partial charge in [-0.05, 0) is 38.3 Å². The Kier molecular flexibility index (Phi) is 5.74. The van der Waals surface area contributed by atoms with Gasteiger partial charge < -0.3 is 10.6 Å². The number of nitrogens with one attached hydrogen (secondary N) is 2. The number of benzene rings is 1. The van der Waals surface area contributed by atoms with Crippen molar-refractivity contribution in [2.75, 3.05) is 6.54 Å². The van der Waals surface area contributed by atoms with Crippen molar-refractivity contribution in [3.8, 4) is 0 Å². The standard InChI is InChI=1S/C16H24N2O2/c1-5-10-17-14(19)16(3,4)15(20)18-11-13-9-7-6-8-12(13)2/h6-9H,5,10-11H2,1-4H3,(H,17,19)(H,18,20). The van der Waals surface area contributed by atoms with E-state index < -0.39 is 5.41 Å². The van der Waals surface area contributed by atoms with E-state index >= 15 is 0 Å². The van der Waals surface area contributed by atoms with E-state index in [-0.39, 0.29) is 11.8 Å². The van der Waals surface area contributed by atoms with Gasteiger partial charge in [-0.3, -0.25) is 9.59 Å². The second-order valence-electron chi connectivity index (χ2n) is 5.49. The van der Waals surface area contributed by atoms with Crippen molar-refractivity contribution in [3.05, 3.63) is 35.4 Å². The molecular formula is C16H24N2O2. The van der Waals surface area contributed by atoms with Crippen LogP contribution in [0.5, 0.6) is 0 Å². The normalized spacial score (nSPS) is 11.0.